The van der Waals surface area contributed by atoms with Crippen LogP contribution in [-0.4, -0.2) is 62.3 Å². The van der Waals surface area contributed by atoms with E-state index in [1.807, 2.05) is 38.0 Å². The van der Waals surface area contributed by atoms with E-state index in [-0.39, 0.29) is 30.9 Å². The molecule has 1 N–H and O–H groups in total. The van der Waals surface area contributed by atoms with Crippen molar-refractivity contribution in [3.8, 4) is 0 Å². The van der Waals surface area contributed by atoms with Gasteiger partial charge in [-0.2, -0.15) is 0 Å². The van der Waals surface area contributed by atoms with Crippen LogP contribution >= 0.6 is 24.8 Å². The molecule has 0 aliphatic carbocycles. The third-order valence-corrected chi connectivity index (χ3v) is 1.15. The van der Waals surface area contributed by atoms with E-state index >= 15 is 0 Å². The second kappa shape index (κ2) is 15.7. The molecule has 0 amide bonds. The summed E-state index contributed by atoms with van der Waals surface area (Å²) in [5.74, 6) is 0. The number of likely N-dealkylation sites (N-methyl/N-ethyl adjacent to an activating group) is 2. The van der Waals surface area contributed by atoms with Crippen molar-refractivity contribution in [2.45, 2.75) is 6.10 Å². The number of halogens is 2. The molecule has 0 aliphatic heterocycles. The molecule has 0 saturated carbocycles. The third-order valence-electron chi connectivity index (χ3n) is 1.15. The van der Waals surface area contributed by atoms with Gasteiger partial charge in [0.05, 0.1) is 6.10 Å². The van der Waals surface area contributed by atoms with Crippen LogP contribution in [0.25, 0.3) is 0 Å². The number of hydrogen-bond donors (Lipinski definition) is 1. The maximum Gasteiger partial charge on any atom is 0.0793 e. The summed E-state index contributed by atoms with van der Waals surface area (Å²) in [7, 11) is 7.83. The second-order valence-electron chi connectivity index (χ2n) is 3.18. The van der Waals surface area contributed by atoms with Crippen molar-refractivity contribution in [3.63, 3.8) is 0 Å². The molecule has 90 valence electrons. The summed E-state index contributed by atoms with van der Waals surface area (Å²) in [5.41, 5.74) is 0. The Bertz CT molecular complexity index is 92.8. The minimum atomic E-state index is -0.231. The van der Waals surface area contributed by atoms with Crippen molar-refractivity contribution in [2.24, 2.45) is 0 Å². The van der Waals surface area contributed by atoms with Gasteiger partial charge >= 0.3 is 0 Å². The Morgan fingerprint density at radius 2 is 1.14 bits per heavy atom. The maximum absolute atomic E-state index is 9.31. The van der Waals surface area contributed by atoms with Gasteiger partial charge in [-0.3, -0.25) is 0 Å². The average molecular weight is 247 g/mol. The summed E-state index contributed by atoms with van der Waals surface area (Å²) in [5, 5.41) is 9.31. The van der Waals surface area contributed by atoms with Gasteiger partial charge in [0.1, 0.15) is 0 Å². The van der Waals surface area contributed by atoms with Crippen molar-refractivity contribution in [3.05, 3.63) is 13.2 Å². The Morgan fingerprint density at radius 3 is 1.29 bits per heavy atom. The lowest BCUT2D eigenvalue weighted by Crippen LogP contribution is -2.34. The van der Waals surface area contributed by atoms with Gasteiger partial charge in [0.25, 0.3) is 0 Å². The van der Waals surface area contributed by atoms with E-state index in [1.54, 1.807) is 0 Å². The second-order valence-corrected chi connectivity index (χ2v) is 3.18. The van der Waals surface area contributed by atoms with E-state index in [9.17, 15) is 5.11 Å². The number of nitrogens with zero attached hydrogens (tertiary/aromatic N) is 2. The van der Waals surface area contributed by atoms with Gasteiger partial charge in [-0.05, 0) is 28.2 Å². The molecule has 0 aromatic heterocycles. The summed E-state index contributed by atoms with van der Waals surface area (Å²) < 4.78 is 0. The van der Waals surface area contributed by atoms with Crippen molar-refractivity contribution in [1.82, 2.24) is 9.80 Å². The number of aliphatic hydroxyl groups excluding tert-OH is 1. The standard InChI is InChI=1S/C7H18N2O.C2H4.2ClH/c1-8(2)5-7(10)6-9(3)4;1-2;;/h7,10H,5-6H2,1-4H3;1-2H2;2*1H. The topological polar surface area (TPSA) is 26.7 Å². The van der Waals surface area contributed by atoms with Gasteiger partial charge in [0.2, 0.25) is 0 Å². The van der Waals surface area contributed by atoms with Crippen LogP contribution in [-0.2, 0) is 0 Å². The molecule has 0 bridgehead atoms. The van der Waals surface area contributed by atoms with Crippen LogP contribution in [0.4, 0.5) is 0 Å². The van der Waals surface area contributed by atoms with Gasteiger partial charge in [0.15, 0.2) is 0 Å². The molecule has 0 radical (unpaired) electrons. The molecule has 5 heteroatoms. The van der Waals surface area contributed by atoms with Crippen molar-refractivity contribution in [2.75, 3.05) is 41.3 Å². The predicted molar refractivity (Wildman–Crippen MR) is 68.9 cm³/mol. The SMILES string of the molecule is C=C.CN(C)CC(O)CN(C)C.Cl.Cl. The smallest absolute Gasteiger partial charge is 0.0793 e. The summed E-state index contributed by atoms with van der Waals surface area (Å²) >= 11 is 0. The highest BCUT2D eigenvalue weighted by atomic mass is 35.5. The van der Waals surface area contributed by atoms with Crippen molar-refractivity contribution < 1.29 is 5.11 Å². The predicted octanol–water partition coefficient (Wildman–Crippen LogP) is 1.12. The fraction of sp³-hybridized carbons (Fsp3) is 0.778. The Hall–Kier alpha value is 0.200. The van der Waals surface area contributed by atoms with Crippen molar-refractivity contribution in [1.29, 1.82) is 0 Å². The molecule has 0 spiro atoms. The Morgan fingerprint density at radius 1 is 0.929 bits per heavy atom. The lowest BCUT2D eigenvalue weighted by molar-refractivity contribution is 0.107. The van der Waals surface area contributed by atoms with Gasteiger partial charge < -0.3 is 14.9 Å². The summed E-state index contributed by atoms with van der Waals surface area (Å²) in [6.07, 6.45) is -0.231. The molecular formula is C9H24Cl2N2O. The molecule has 0 atom stereocenters. The van der Waals surface area contributed by atoms with E-state index < -0.39 is 0 Å². The average Bonchev–Trinajstić information content (AvgIpc) is 1.87. The van der Waals surface area contributed by atoms with Crippen LogP contribution in [0, 0.1) is 0 Å². The Labute approximate surface area is 101 Å². The number of aliphatic hydroxyl groups is 1. The highest BCUT2D eigenvalue weighted by Gasteiger charge is 2.05. The summed E-state index contributed by atoms with van der Waals surface area (Å²) in [6, 6.07) is 0. The number of hydrogen-bond acceptors (Lipinski definition) is 3. The zero-order chi connectivity index (χ0) is 10.1. The highest BCUT2D eigenvalue weighted by Crippen LogP contribution is 1.87. The monoisotopic (exact) mass is 246 g/mol. The normalized spacial score (nSPS) is 8.86. The molecule has 14 heavy (non-hydrogen) atoms. The van der Waals surface area contributed by atoms with Gasteiger partial charge in [-0.1, -0.05) is 0 Å². The third kappa shape index (κ3) is 22.8. The molecule has 0 aromatic carbocycles. The first-order chi connectivity index (χ1) is 5.52. The fourth-order valence-corrected chi connectivity index (χ4v) is 0.901. The summed E-state index contributed by atoms with van der Waals surface area (Å²) in [4.78, 5) is 3.96. The largest absolute Gasteiger partial charge is 0.390 e. The molecular weight excluding hydrogens is 223 g/mol. The van der Waals surface area contributed by atoms with Crippen LogP contribution in [0.2, 0.25) is 0 Å². The molecule has 0 fully saturated rings. The van der Waals surface area contributed by atoms with E-state index in [1.165, 1.54) is 0 Å². The molecule has 0 heterocycles. The minimum absolute atomic E-state index is 0. The van der Waals surface area contributed by atoms with Crippen LogP contribution in [0.1, 0.15) is 0 Å². The lowest BCUT2D eigenvalue weighted by atomic mass is 10.3. The molecule has 0 aliphatic rings. The van der Waals surface area contributed by atoms with Crippen LogP contribution in [0.5, 0.6) is 0 Å². The van der Waals surface area contributed by atoms with Crippen LogP contribution in [0.15, 0.2) is 13.2 Å². The number of rotatable bonds is 4. The quantitative estimate of drug-likeness (QED) is 0.754. The molecule has 3 nitrogen and oxygen atoms in total. The van der Waals surface area contributed by atoms with Crippen molar-refractivity contribution >= 4 is 24.8 Å². The zero-order valence-electron chi connectivity index (χ0n) is 9.56. The molecule has 0 rings (SSSR count). The maximum atomic E-state index is 9.31. The van der Waals surface area contributed by atoms with Gasteiger partial charge in [0, 0.05) is 13.1 Å². The molecule has 0 unspecified atom stereocenters. The van der Waals surface area contributed by atoms with Gasteiger partial charge in [-0.15, -0.1) is 38.0 Å². The van der Waals surface area contributed by atoms with Crippen LogP contribution < -0.4 is 0 Å². The first-order valence-electron chi connectivity index (χ1n) is 4.00. The summed E-state index contributed by atoms with van der Waals surface area (Å²) in [6.45, 7) is 7.47. The van der Waals surface area contributed by atoms with E-state index in [0.717, 1.165) is 13.1 Å². The fourth-order valence-electron chi connectivity index (χ4n) is 0.901. The molecule has 0 aromatic rings. The Kier molecular flexibility index (Phi) is 26.6. The Balaban J connectivity index is -0.000000117. The van der Waals surface area contributed by atoms with E-state index in [2.05, 4.69) is 13.2 Å². The van der Waals surface area contributed by atoms with Crippen LogP contribution in [0.3, 0.4) is 0 Å². The van der Waals surface area contributed by atoms with E-state index in [0.29, 0.717) is 0 Å². The first kappa shape index (κ1) is 23.8. The van der Waals surface area contributed by atoms with E-state index in [4.69, 9.17) is 0 Å². The first-order valence-corrected chi connectivity index (χ1v) is 4.00. The lowest BCUT2D eigenvalue weighted by Gasteiger charge is -2.19. The minimum Gasteiger partial charge on any atom is -0.390 e. The van der Waals surface area contributed by atoms with Gasteiger partial charge in [-0.25, -0.2) is 0 Å². The highest BCUT2D eigenvalue weighted by molar-refractivity contribution is 5.85. The molecule has 0 saturated heterocycles. The zero-order valence-corrected chi connectivity index (χ0v) is 11.2.